The Morgan fingerprint density at radius 2 is 1.71 bits per heavy atom. The van der Waals surface area contributed by atoms with Crippen molar-refractivity contribution in [3.05, 3.63) is 40.1 Å². The normalized spacial score (nSPS) is 9.67. The Kier molecular flexibility index (Phi) is 5.50. The van der Waals surface area contributed by atoms with Crippen LogP contribution in [0.4, 0.5) is 0 Å². The van der Waals surface area contributed by atoms with Crippen LogP contribution >= 0.6 is 11.3 Å². The van der Waals surface area contributed by atoms with Crippen molar-refractivity contribution in [1.29, 1.82) is 0 Å². The maximum atomic E-state index is 8.67. The van der Waals surface area contributed by atoms with Gasteiger partial charge in [-0.1, -0.05) is 11.8 Å². The molecule has 5 heteroatoms. The van der Waals surface area contributed by atoms with Crippen molar-refractivity contribution in [1.82, 2.24) is 0 Å². The first-order valence-electron chi connectivity index (χ1n) is 6.28. The fourth-order valence-corrected chi connectivity index (χ4v) is 2.41. The van der Waals surface area contributed by atoms with E-state index in [9.17, 15) is 0 Å². The molecule has 0 aliphatic heterocycles. The Bertz CT molecular complexity index is 630. The summed E-state index contributed by atoms with van der Waals surface area (Å²) in [5.74, 6) is 7.54. The van der Waals surface area contributed by atoms with Gasteiger partial charge in [0.05, 0.1) is 14.2 Å². The summed E-state index contributed by atoms with van der Waals surface area (Å²) in [4.78, 5) is 1.05. The van der Waals surface area contributed by atoms with Crippen molar-refractivity contribution in [3.8, 4) is 29.1 Å². The fraction of sp³-hybridized carbons (Fsp3) is 0.250. The molecule has 1 N–H and O–H groups in total. The van der Waals surface area contributed by atoms with Crippen LogP contribution in [0.5, 0.6) is 17.2 Å². The van der Waals surface area contributed by atoms with E-state index in [1.54, 1.807) is 31.6 Å². The van der Waals surface area contributed by atoms with E-state index in [1.807, 2.05) is 23.6 Å². The number of aliphatic hydroxyl groups excluding tert-OH is 1. The second kappa shape index (κ2) is 7.58. The van der Waals surface area contributed by atoms with Crippen LogP contribution in [0.3, 0.4) is 0 Å². The number of hydrogen-bond acceptors (Lipinski definition) is 5. The number of benzene rings is 1. The van der Waals surface area contributed by atoms with Gasteiger partial charge in [-0.25, -0.2) is 0 Å². The molecule has 0 bridgehead atoms. The summed E-state index contributed by atoms with van der Waals surface area (Å²) in [6.07, 6.45) is 0. The number of rotatable bonds is 5. The van der Waals surface area contributed by atoms with Crippen molar-refractivity contribution in [3.63, 3.8) is 0 Å². The van der Waals surface area contributed by atoms with E-state index in [2.05, 4.69) is 11.8 Å². The van der Waals surface area contributed by atoms with Gasteiger partial charge >= 0.3 is 0 Å². The van der Waals surface area contributed by atoms with Gasteiger partial charge in [0.2, 0.25) is 0 Å². The molecule has 21 heavy (non-hydrogen) atoms. The summed E-state index contributed by atoms with van der Waals surface area (Å²) >= 11 is 1.57. The maximum absolute atomic E-state index is 8.67. The van der Waals surface area contributed by atoms with E-state index in [4.69, 9.17) is 19.3 Å². The van der Waals surface area contributed by atoms with Crippen LogP contribution in [0.1, 0.15) is 10.4 Å². The zero-order chi connectivity index (χ0) is 15.1. The highest BCUT2D eigenvalue weighted by atomic mass is 32.1. The number of thiophene rings is 1. The lowest BCUT2D eigenvalue weighted by Crippen LogP contribution is -1.95. The van der Waals surface area contributed by atoms with Gasteiger partial charge in [0, 0.05) is 34.0 Å². The predicted octanol–water partition coefficient (Wildman–Crippen LogP) is 2.69. The third-order valence-electron chi connectivity index (χ3n) is 2.67. The van der Waals surface area contributed by atoms with Gasteiger partial charge in [-0.2, -0.15) is 0 Å². The van der Waals surface area contributed by atoms with Gasteiger partial charge in [0.1, 0.15) is 30.5 Å². The molecule has 0 amide bonds. The van der Waals surface area contributed by atoms with Gasteiger partial charge in [-0.3, -0.25) is 0 Å². The van der Waals surface area contributed by atoms with Crippen LogP contribution in [0.2, 0.25) is 0 Å². The van der Waals surface area contributed by atoms with Crippen LogP contribution in [-0.4, -0.2) is 25.9 Å². The molecule has 0 saturated carbocycles. The molecule has 1 aromatic carbocycles. The molecule has 110 valence electrons. The number of aliphatic hydroxyl groups is 1. The summed E-state index contributed by atoms with van der Waals surface area (Å²) in [6.45, 7) is 0.313. The molecule has 1 aromatic heterocycles. The molecule has 1 heterocycles. The van der Waals surface area contributed by atoms with Crippen LogP contribution in [0.15, 0.2) is 29.6 Å². The van der Waals surface area contributed by atoms with E-state index in [0.29, 0.717) is 23.9 Å². The van der Waals surface area contributed by atoms with Gasteiger partial charge in [-0.05, 0) is 6.07 Å². The quantitative estimate of drug-likeness (QED) is 0.863. The van der Waals surface area contributed by atoms with E-state index < -0.39 is 0 Å². The molecule has 0 aliphatic carbocycles. The largest absolute Gasteiger partial charge is 0.496 e. The van der Waals surface area contributed by atoms with Gasteiger partial charge in [-0.15, -0.1) is 11.3 Å². The summed E-state index contributed by atoms with van der Waals surface area (Å²) in [7, 11) is 3.20. The minimum atomic E-state index is -0.134. The molecular weight excluding hydrogens is 288 g/mol. The molecular formula is C16H16O4S. The van der Waals surface area contributed by atoms with Crippen LogP contribution in [0, 0.1) is 11.8 Å². The average molecular weight is 304 g/mol. The van der Waals surface area contributed by atoms with Gasteiger partial charge < -0.3 is 19.3 Å². The van der Waals surface area contributed by atoms with E-state index in [1.165, 1.54) is 0 Å². The molecule has 4 nitrogen and oxygen atoms in total. The molecule has 0 aliphatic rings. The molecule has 0 unspecified atom stereocenters. The lowest BCUT2D eigenvalue weighted by atomic mass is 10.3. The van der Waals surface area contributed by atoms with Crippen molar-refractivity contribution in [2.75, 3.05) is 20.8 Å². The number of ether oxygens (including phenoxy) is 3. The second-order valence-electron chi connectivity index (χ2n) is 4.10. The summed E-state index contributed by atoms with van der Waals surface area (Å²) in [6, 6.07) is 7.36. The fourth-order valence-electron chi connectivity index (χ4n) is 1.68. The van der Waals surface area contributed by atoms with E-state index in [0.717, 1.165) is 10.4 Å². The predicted molar refractivity (Wildman–Crippen MR) is 82.2 cm³/mol. The highest BCUT2D eigenvalue weighted by Gasteiger charge is 2.04. The van der Waals surface area contributed by atoms with Crippen molar-refractivity contribution in [2.24, 2.45) is 0 Å². The summed E-state index contributed by atoms with van der Waals surface area (Å²) < 4.78 is 16.1. The highest BCUT2D eigenvalue weighted by molar-refractivity contribution is 7.10. The van der Waals surface area contributed by atoms with Crippen LogP contribution in [-0.2, 0) is 6.61 Å². The molecule has 2 aromatic rings. The highest BCUT2D eigenvalue weighted by Crippen LogP contribution is 2.28. The lowest BCUT2D eigenvalue weighted by molar-refractivity contribution is 0.303. The Morgan fingerprint density at radius 3 is 2.33 bits per heavy atom. The molecule has 0 atom stereocenters. The summed E-state index contributed by atoms with van der Waals surface area (Å²) in [5, 5.41) is 10.6. The average Bonchev–Trinajstić information content (AvgIpc) is 2.98. The lowest BCUT2D eigenvalue weighted by Gasteiger charge is -2.09. The van der Waals surface area contributed by atoms with Crippen molar-refractivity contribution >= 4 is 11.3 Å². The zero-order valence-corrected chi connectivity index (χ0v) is 12.7. The topological polar surface area (TPSA) is 47.9 Å². The Balaban J connectivity index is 2.03. The first kappa shape index (κ1) is 15.2. The molecule has 0 spiro atoms. The minimum absolute atomic E-state index is 0.134. The van der Waals surface area contributed by atoms with Crippen LogP contribution < -0.4 is 14.2 Å². The maximum Gasteiger partial charge on any atom is 0.127 e. The van der Waals surface area contributed by atoms with Gasteiger partial charge in [0.25, 0.3) is 0 Å². The monoisotopic (exact) mass is 304 g/mol. The van der Waals surface area contributed by atoms with Crippen molar-refractivity contribution in [2.45, 2.75) is 6.61 Å². The number of hydrogen-bond donors (Lipinski definition) is 1. The molecule has 0 radical (unpaired) electrons. The Labute approximate surface area is 127 Å². The molecule has 2 rings (SSSR count). The smallest absolute Gasteiger partial charge is 0.127 e. The zero-order valence-electron chi connectivity index (χ0n) is 11.9. The number of methoxy groups -OCH3 is 2. The SMILES string of the molecule is COc1cc(OC)cc(OCc2cc(C#CCO)cs2)c1. The van der Waals surface area contributed by atoms with E-state index in [-0.39, 0.29) is 6.61 Å². The second-order valence-corrected chi connectivity index (χ2v) is 5.09. The first-order valence-corrected chi connectivity index (χ1v) is 7.16. The Hall–Kier alpha value is -2.16. The van der Waals surface area contributed by atoms with Crippen LogP contribution in [0.25, 0.3) is 0 Å². The van der Waals surface area contributed by atoms with E-state index >= 15 is 0 Å². The molecule has 0 fully saturated rings. The van der Waals surface area contributed by atoms with Crippen molar-refractivity contribution < 1.29 is 19.3 Å². The summed E-state index contributed by atoms with van der Waals surface area (Å²) in [5.41, 5.74) is 0.885. The third-order valence-corrected chi connectivity index (χ3v) is 3.58. The van der Waals surface area contributed by atoms with Gasteiger partial charge in [0.15, 0.2) is 0 Å². The standard InChI is InChI=1S/C16H16O4S/c1-18-13-7-14(19-2)9-15(8-13)20-10-16-6-12(11-21-16)4-3-5-17/h6-9,11,17H,5,10H2,1-2H3. The first-order chi connectivity index (χ1) is 10.2. The Morgan fingerprint density at radius 1 is 1.05 bits per heavy atom. The molecule has 0 saturated heterocycles. The third kappa shape index (κ3) is 4.42. The minimum Gasteiger partial charge on any atom is -0.496 e.